The molecule has 0 unspecified atom stereocenters. The van der Waals surface area contributed by atoms with Crippen LogP contribution in [0.3, 0.4) is 0 Å². The van der Waals surface area contributed by atoms with Gasteiger partial charge in [0.1, 0.15) is 0 Å². The van der Waals surface area contributed by atoms with Gasteiger partial charge in [-0.15, -0.1) is 0 Å². The van der Waals surface area contributed by atoms with Crippen LogP contribution in [-0.2, 0) is 21.3 Å². The first-order chi connectivity index (χ1) is 14.4. The van der Waals surface area contributed by atoms with Gasteiger partial charge in [0.2, 0.25) is 15.8 Å². The van der Waals surface area contributed by atoms with Gasteiger partial charge in [-0.05, 0) is 29.8 Å². The van der Waals surface area contributed by atoms with E-state index in [0.717, 1.165) is 5.56 Å². The Morgan fingerprint density at radius 1 is 0.933 bits per heavy atom. The SMILES string of the molecule is COCCNS(=O)(=O)c1ccc(CNC(=O)c2cc(OC)c(OC)c(OC)c2)cc1. The molecule has 1 amide bonds. The van der Waals surface area contributed by atoms with Crippen LogP contribution in [0.1, 0.15) is 15.9 Å². The summed E-state index contributed by atoms with van der Waals surface area (Å²) in [5.41, 5.74) is 1.08. The number of nitrogens with one attached hydrogen (secondary N) is 2. The summed E-state index contributed by atoms with van der Waals surface area (Å²) >= 11 is 0. The van der Waals surface area contributed by atoms with Crippen LogP contribution in [0.25, 0.3) is 0 Å². The fraction of sp³-hybridized carbons (Fsp3) is 0.350. The minimum absolute atomic E-state index is 0.137. The molecule has 0 spiro atoms. The number of carbonyl (C=O) groups excluding carboxylic acids is 1. The molecule has 0 heterocycles. The minimum Gasteiger partial charge on any atom is -0.493 e. The molecule has 0 bridgehead atoms. The molecule has 30 heavy (non-hydrogen) atoms. The highest BCUT2D eigenvalue weighted by Crippen LogP contribution is 2.38. The van der Waals surface area contributed by atoms with Crippen molar-refractivity contribution in [3.8, 4) is 17.2 Å². The minimum atomic E-state index is -3.60. The highest BCUT2D eigenvalue weighted by atomic mass is 32.2. The van der Waals surface area contributed by atoms with E-state index in [9.17, 15) is 13.2 Å². The zero-order valence-corrected chi connectivity index (χ0v) is 18.2. The Balaban J connectivity index is 2.06. The average Bonchev–Trinajstić information content (AvgIpc) is 2.76. The number of hydrogen-bond acceptors (Lipinski definition) is 7. The van der Waals surface area contributed by atoms with Gasteiger partial charge in [-0.3, -0.25) is 4.79 Å². The predicted molar refractivity (Wildman–Crippen MR) is 111 cm³/mol. The zero-order valence-electron chi connectivity index (χ0n) is 17.4. The van der Waals surface area contributed by atoms with Crippen molar-refractivity contribution in [1.29, 1.82) is 0 Å². The first-order valence-electron chi connectivity index (χ1n) is 9.02. The first kappa shape index (κ1) is 23.5. The fourth-order valence-electron chi connectivity index (χ4n) is 2.64. The van der Waals surface area contributed by atoms with E-state index in [1.54, 1.807) is 24.3 Å². The monoisotopic (exact) mass is 438 g/mol. The maximum atomic E-state index is 12.5. The third kappa shape index (κ3) is 5.85. The molecule has 0 aliphatic rings. The molecule has 0 aliphatic heterocycles. The Morgan fingerprint density at radius 2 is 1.53 bits per heavy atom. The lowest BCUT2D eigenvalue weighted by Crippen LogP contribution is -2.27. The van der Waals surface area contributed by atoms with Crippen molar-refractivity contribution < 1.29 is 32.2 Å². The Morgan fingerprint density at radius 3 is 2.03 bits per heavy atom. The third-order valence-corrected chi connectivity index (χ3v) is 5.69. The summed E-state index contributed by atoms with van der Waals surface area (Å²) in [7, 11) is 2.32. The molecule has 0 aliphatic carbocycles. The molecule has 0 saturated carbocycles. The van der Waals surface area contributed by atoms with Gasteiger partial charge < -0.3 is 24.3 Å². The molecule has 0 atom stereocenters. The highest BCUT2D eigenvalue weighted by molar-refractivity contribution is 7.89. The van der Waals surface area contributed by atoms with Gasteiger partial charge in [0, 0.05) is 25.8 Å². The molecule has 0 fully saturated rings. The molecule has 10 heteroatoms. The standard InChI is InChI=1S/C20H26N2O7S/c1-26-10-9-22-30(24,25)16-7-5-14(6-8-16)13-21-20(23)15-11-17(27-2)19(29-4)18(12-15)28-3/h5-8,11-12,22H,9-10,13H2,1-4H3,(H,21,23). The highest BCUT2D eigenvalue weighted by Gasteiger charge is 2.17. The van der Waals surface area contributed by atoms with Gasteiger partial charge in [0.25, 0.3) is 5.91 Å². The Kier molecular flexibility index (Phi) is 8.46. The molecule has 164 valence electrons. The largest absolute Gasteiger partial charge is 0.493 e. The van der Waals surface area contributed by atoms with Crippen LogP contribution in [-0.4, -0.2) is 55.9 Å². The van der Waals surface area contributed by atoms with Crippen molar-refractivity contribution in [2.45, 2.75) is 11.4 Å². The van der Waals surface area contributed by atoms with Gasteiger partial charge in [-0.25, -0.2) is 13.1 Å². The Bertz CT molecular complexity index is 935. The van der Waals surface area contributed by atoms with E-state index < -0.39 is 10.0 Å². The van der Waals surface area contributed by atoms with Gasteiger partial charge >= 0.3 is 0 Å². The van der Waals surface area contributed by atoms with Gasteiger partial charge in [0.15, 0.2) is 11.5 Å². The first-order valence-corrected chi connectivity index (χ1v) is 10.5. The molecule has 0 radical (unpaired) electrons. The van der Waals surface area contributed by atoms with Crippen LogP contribution in [0.2, 0.25) is 0 Å². The second-order valence-electron chi connectivity index (χ2n) is 6.13. The summed E-state index contributed by atoms with van der Waals surface area (Å²) in [4.78, 5) is 12.7. The number of benzene rings is 2. The molecular weight excluding hydrogens is 412 g/mol. The number of ether oxygens (including phenoxy) is 4. The van der Waals surface area contributed by atoms with Gasteiger partial charge in [-0.2, -0.15) is 0 Å². The Labute approximate surface area is 176 Å². The van der Waals surface area contributed by atoms with Crippen LogP contribution in [0, 0.1) is 0 Å². The van der Waals surface area contributed by atoms with E-state index in [4.69, 9.17) is 18.9 Å². The van der Waals surface area contributed by atoms with E-state index in [2.05, 4.69) is 10.0 Å². The number of amides is 1. The fourth-order valence-corrected chi connectivity index (χ4v) is 3.66. The summed E-state index contributed by atoms with van der Waals surface area (Å²) < 4.78 is 47.4. The summed E-state index contributed by atoms with van der Waals surface area (Å²) in [6.07, 6.45) is 0. The van der Waals surface area contributed by atoms with Crippen LogP contribution >= 0.6 is 0 Å². The second-order valence-corrected chi connectivity index (χ2v) is 7.90. The van der Waals surface area contributed by atoms with E-state index in [0.29, 0.717) is 22.8 Å². The number of carbonyl (C=O) groups is 1. The average molecular weight is 439 g/mol. The molecule has 2 rings (SSSR count). The number of hydrogen-bond donors (Lipinski definition) is 2. The molecule has 2 N–H and O–H groups in total. The second kappa shape index (κ2) is 10.8. The molecule has 9 nitrogen and oxygen atoms in total. The number of methoxy groups -OCH3 is 4. The van der Waals surface area contributed by atoms with E-state index in [1.165, 1.54) is 40.6 Å². The summed E-state index contributed by atoms with van der Waals surface area (Å²) in [5, 5.41) is 2.78. The van der Waals surface area contributed by atoms with E-state index >= 15 is 0 Å². The third-order valence-electron chi connectivity index (χ3n) is 4.21. The van der Waals surface area contributed by atoms with Crippen molar-refractivity contribution in [1.82, 2.24) is 10.0 Å². The predicted octanol–water partition coefficient (Wildman–Crippen LogP) is 1.57. The normalized spacial score (nSPS) is 11.1. The Hall–Kier alpha value is -2.82. The quantitative estimate of drug-likeness (QED) is 0.512. The molecule has 2 aromatic carbocycles. The smallest absolute Gasteiger partial charge is 0.251 e. The van der Waals surface area contributed by atoms with Gasteiger partial charge in [0.05, 0.1) is 32.8 Å². The lowest BCUT2D eigenvalue weighted by atomic mass is 10.1. The van der Waals surface area contributed by atoms with Crippen molar-refractivity contribution >= 4 is 15.9 Å². The summed E-state index contributed by atoms with van der Waals surface area (Å²) in [6, 6.07) is 9.35. The van der Waals surface area contributed by atoms with Crippen molar-refractivity contribution in [2.75, 3.05) is 41.6 Å². The topological polar surface area (TPSA) is 112 Å². The zero-order chi connectivity index (χ0) is 22.1. The lowest BCUT2D eigenvalue weighted by Gasteiger charge is -2.14. The number of rotatable bonds is 11. The maximum absolute atomic E-state index is 12.5. The van der Waals surface area contributed by atoms with Crippen LogP contribution in [0.4, 0.5) is 0 Å². The lowest BCUT2D eigenvalue weighted by molar-refractivity contribution is 0.0950. The van der Waals surface area contributed by atoms with Crippen LogP contribution in [0.15, 0.2) is 41.3 Å². The molecule has 0 aromatic heterocycles. The van der Waals surface area contributed by atoms with Gasteiger partial charge in [-0.1, -0.05) is 12.1 Å². The van der Waals surface area contributed by atoms with Crippen LogP contribution < -0.4 is 24.2 Å². The molecule has 2 aromatic rings. The maximum Gasteiger partial charge on any atom is 0.251 e. The molecule has 0 saturated heterocycles. The number of sulfonamides is 1. The van der Waals surface area contributed by atoms with E-state index in [1.807, 2.05) is 0 Å². The summed E-state index contributed by atoms with van der Waals surface area (Å²) in [5.74, 6) is 0.801. The van der Waals surface area contributed by atoms with Crippen molar-refractivity contribution in [2.24, 2.45) is 0 Å². The van der Waals surface area contributed by atoms with Crippen molar-refractivity contribution in [3.63, 3.8) is 0 Å². The molecular formula is C20H26N2O7S. The summed E-state index contributed by atoms with van der Waals surface area (Å²) in [6.45, 7) is 0.683. The van der Waals surface area contributed by atoms with Crippen LogP contribution in [0.5, 0.6) is 17.2 Å². The van der Waals surface area contributed by atoms with E-state index in [-0.39, 0.29) is 30.5 Å². The van der Waals surface area contributed by atoms with Crippen molar-refractivity contribution in [3.05, 3.63) is 47.5 Å².